The molecule has 0 aromatic carbocycles. The van der Waals surface area contributed by atoms with E-state index in [1.54, 1.807) is 0 Å². The lowest BCUT2D eigenvalue weighted by atomic mass is 10.1. The first-order chi connectivity index (χ1) is 5.17. The molecule has 5 heteroatoms. The zero-order valence-electron chi connectivity index (χ0n) is 6.21. The third-order valence-electron chi connectivity index (χ3n) is 2.29. The Labute approximate surface area is 66.3 Å². The number of piperazine rings is 1. The van der Waals surface area contributed by atoms with Crippen LogP contribution in [-0.4, -0.2) is 45.1 Å². The van der Waals surface area contributed by atoms with Crippen LogP contribution in [0.1, 0.15) is 0 Å². The molecule has 0 amide bonds. The molecule has 2 N–H and O–H groups in total. The molecule has 0 spiro atoms. The first kappa shape index (κ1) is 7.52. The minimum absolute atomic E-state index is 0.161. The summed E-state index contributed by atoms with van der Waals surface area (Å²) in [7, 11) is -2.75. The Kier molecular flexibility index (Phi) is 1.66. The summed E-state index contributed by atoms with van der Waals surface area (Å²) in [6.07, 6.45) is 0. The number of rotatable bonds is 0. The lowest BCUT2D eigenvalue weighted by Gasteiger charge is -2.26. The van der Waals surface area contributed by atoms with Crippen molar-refractivity contribution in [3.05, 3.63) is 0 Å². The molecule has 0 radical (unpaired) electrons. The van der Waals surface area contributed by atoms with Crippen molar-refractivity contribution in [1.82, 2.24) is 10.6 Å². The molecule has 4 nitrogen and oxygen atoms in total. The van der Waals surface area contributed by atoms with E-state index in [9.17, 15) is 8.42 Å². The summed E-state index contributed by atoms with van der Waals surface area (Å²) in [4.78, 5) is 0. The van der Waals surface area contributed by atoms with E-state index in [-0.39, 0.29) is 12.1 Å². The molecule has 2 aliphatic rings. The van der Waals surface area contributed by atoms with Crippen molar-refractivity contribution in [2.75, 3.05) is 24.6 Å². The molecule has 2 saturated heterocycles. The monoisotopic (exact) mass is 176 g/mol. The number of fused-ring (bicyclic) bond motifs is 1. The number of hydrogen-bond donors (Lipinski definition) is 2. The molecule has 2 atom stereocenters. The molecular weight excluding hydrogens is 164 g/mol. The number of sulfone groups is 1. The molecule has 0 saturated carbocycles. The van der Waals surface area contributed by atoms with Crippen LogP contribution in [-0.2, 0) is 9.84 Å². The second-order valence-electron chi connectivity index (χ2n) is 3.20. The van der Waals surface area contributed by atoms with Gasteiger partial charge in [0.15, 0.2) is 9.84 Å². The van der Waals surface area contributed by atoms with Gasteiger partial charge in [0.25, 0.3) is 0 Å². The van der Waals surface area contributed by atoms with Crippen LogP contribution in [0.15, 0.2) is 0 Å². The Bertz CT molecular complexity index is 229. The van der Waals surface area contributed by atoms with Gasteiger partial charge in [0.1, 0.15) is 0 Å². The maximum atomic E-state index is 11.1. The summed E-state index contributed by atoms with van der Waals surface area (Å²) in [6, 6.07) is 0.322. The Morgan fingerprint density at radius 1 is 1.00 bits per heavy atom. The smallest absolute Gasteiger partial charge is 0.153 e. The molecule has 64 valence electrons. The highest BCUT2D eigenvalue weighted by atomic mass is 32.2. The average molecular weight is 176 g/mol. The van der Waals surface area contributed by atoms with E-state index in [0.29, 0.717) is 11.5 Å². The van der Waals surface area contributed by atoms with Crippen molar-refractivity contribution < 1.29 is 8.42 Å². The van der Waals surface area contributed by atoms with Crippen LogP contribution in [0.4, 0.5) is 0 Å². The van der Waals surface area contributed by atoms with Gasteiger partial charge in [0, 0.05) is 25.2 Å². The summed E-state index contributed by atoms with van der Waals surface area (Å²) in [6.45, 7) is 1.77. The zero-order chi connectivity index (χ0) is 7.90. The van der Waals surface area contributed by atoms with Crippen molar-refractivity contribution in [2.45, 2.75) is 12.1 Å². The number of nitrogens with one attached hydrogen (secondary N) is 2. The summed E-state index contributed by atoms with van der Waals surface area (Å²) in [5.41, 5.74) is 0. The minimum Gasteiger partial charge on any atom is -0.310 e. The van der Waals surface area contributed by atoms with Gasteiger partial charge in [-0.15, -0.1) is 0 Å². The van der Waals surface area contributed by atoms with E-state index in [2.05, 4.69) is 10.6 Å². The first-order valence-electron chi connectivity index (χ1n) is 3.84. The van der Waals surface area contributed by atoms with Crippen LogP contribution in [0.25, 0.3) is 0 Å². The summed E-state index contributed by atoms with van der Waals surface area (Å²) >= 11 is 0. The molecule has 0 aromatic heterocycles. The standard InChI is InChI=1S/C6H12N2O2S/c9-11(10)3-5-6(4-11)8-2-1-7-5/h5-8H,1-4H2. The highest BCUT2D eigenvalue weighted by molar-refractivity contribution is 7.91. The second-order valence-corrected chi connectivity index (χ2v) is 5.35. The minimum atomic E-state index is -2.75. The number of hydrogen-bond acceptors (Lipinski definition) is 4. The molecule has 2 aliphatic heterocycles. The van der Waals surface area contributed by atoms with Gasteiger partial charge in [-0.2, -0.15) is 0 Å². The Morgan fingerprint density at radius 2 is 1.45 bits per heavy atom. The SMILES string of the molecule is O=S1(=O)CC2NCCNC2C1. The molecule has 0 aromatic rings. The van der Waals surface area contributed by atoms with E-state index in [1.807, 2.05) is 0 Å². The van der Waals surface area contributed by atoms with Crippen LogP contribution < -0.4 is 10.6 Å². The lowest BCUT2D eigenvalue weighted by Crippen LogP contribution is -2.55. The van der Waals surface area contributed by atoms with E-state index < -0.39 is 9.84 Å². The molecule has 2 rings (SSSR count). The Balaban J connectivity index is 2.15. The third-order valence-corrected chi connectivity index (χ3v) is 4.02. The van der Waals surface area contributed by atoms with Crippen LogP contribution in [0.3, 0.4) is 0 Å². The van der Waals surface area contributed by atoms with Crippen molar-refractivity contribution in [3.63, 3.8) is 0 Å². The van der Waals surface area contributed by atoms with Gasteiger partial charge in [0.05, 0.1) is 11.5 Å². The second kappa shape index (κ2) is 2.43. The normalized spacial score (nSPS) is 41.8. The largest absolute Gasteiger partial charge is 0.310 e. The lowest BCUT2D eigenvalue weighted by molar-refractivity contribution is 0.377. The predicted molar refractivity (Wildman–Crippen MR) is 42.2 cm³/mol. The quantitative estimate of drug-likeness (QED) is 0.464. The van der Waals surface area contributed by atoms with Crippen molar-refractivity contribution in [1.29, 1.82) is 0 Å². The summed E-state index contributed by atoms with van der Waals surface area (Å²) < 4.78 is 22.2. The maximum Gasteiger partial charge on any atom is 0.153 e. The van der Waals surface area contributed by atoms with Crippen LogP contribution in [0, 0.1) is 0 Å². The van der Waals surface area contributed by atoms with Crippen molar-refractivity contribution in [2.24, 2.45) is 0 Å². The fourth-order valence-corrected chi connectivity index (χ4v) is 3.70. The average Bonchev–Trinajstić information content (AvgIpc) is 2.21. The molecule has 0 bridgehead atoms. The molecule has 2 heterocycles. The third kappa shape index (κ3) is 1.40. The fourth-order valence-electron chi connectivity index (χ4n) is 1.76. The van der Waals surface area contributed by atoms with Gasteiger partial charge >= 0.3 is 0 Å². The van der Waals surface area contributed by atoms with E-state index in [0.717, 1.165) is 13.1 Å². The van der Waals surface area contributed by atoms with Crippen LogP contribution in [0.5, 0.6) is 0 Å². The zero-order valence-corrected chi connectivity index (χ0v) is 7.02. The highest BCUT2D eigenvalue weighted by Crippen LogP contribution is 2.13. The topological polar surface area (TPSA) is 58.2 Å². The van der Waals surface area contributed by atoms with Gasteiger partial charge in [0.2, 0.25) is 0 Å². The summed E-state index contributed by atoms with van der Waals surface area (Å²) in [5.74, 6) is 0.620. The molecule has 11 heavy (non-hydrogen) atoms. The fraction of sp³-hybridized carbons (Fsp3) is 1.00. The van der Waals surface area contributed by atoms with Gasteiger partial charge in [-0.1, -0.05) is 0 Å². The molecule has 0 aliphatic carbocycles. The Hall–Kier alpha value is -0.130. The Morgan fingerprint density at radius 3 is 1.91 bits per heavy atom. The van der Waals surface area contributed by atoms with E-state index in [1.165, 1.54) is 0 Å². The van der Waals surface area contributed by atoms with Crippen LogP contribution in [0.2, 0.25) is 0 Å². The van der Waals surface area contributed by atoms with Gasteiger partial charge < -0.3 is 10.6 Å². The van der Waals surface area contributed by atoms with Crippen molar-refractivity contribution >= 4 is 9.84 Å². The first-order valence-corrected chi connectivity index (χ1v) is 5.67. The highest BCUT2D eigenvalue weighted by Gasteiger charge is 2.38. The van der Waals surface area contributed by atoms with Gasteiger partial charge in [-0.05, 0) is 0 Å². The van der Waals surface area contributed by atoms with Crippen molar-refractivity contribution in [3.8, 4) is 0 Å². The molecular formula is C6H12N2O2S. The van der Waals surface area contributed by atoms with E-state index >= 15 is 0 Å². The van der Waals surface area contributed by atoms with Gasteiger partial charge in [-0.25, -0.2) is 8.42 Å². The summed E-state index contributed by atoms with van der Waals surface area (Å²) in [5, 5.41) is 6.39. The molecule has 2 fully saturated rings. The molecule has 2 unspecified atom stereocenters. The van der Waals surface area contributed by atoms with Gasteiger partial charge in [-0.3, -0.25) is 0 Å². The predicted octanol–water partition coefficient (Wildman–Crippen LogP) is -1.66. The van der Waals surface area contributed by atoms with E-state index in [4.69, 9.17) is 0 Å². The van der Waals surface area contributed by atoms with Crippen LogP contribution >= 0.6 is 0 Å². The maximum absolute atomic E-state index is 11.1.